The van der Waals surface area contributed by atoms with Crippen LogP contribution in [0, 0.1) is 0 Å². The Morgan fingerprint density at radius 1 is 0.411 bits per heavy atom. The van der Waals surface area contributed by atoms with Gasteiger partial charge in [0.15, 0.2) is 0 Å². The molecule has 12 nitrogen and oxygen atoms in total. The van der Waals surface area contributed by atoms with E-state index in [1.807, 2.05) is 41.5 Å². The highest BCUT2D eigenvalue weighted by atomic mass is 16.5. The maximum Gasteiger partial charge on any atom is 0.303 e. The van der Waals surface area contributed by atoms with Crippen LogP contribution in [0.1, 0.15) is 209 Å². The highest BCUT2D eigenvalue weighted by Gasteiger charge is 2.08. The van der Waals surface area contributed by atoms with Gasteiger partial charge in [0.05, 0.1) is 0 Å². The van der Waals surface area contributed by atoms with E-state index in [4.69, 9.17) is 10.2 Å². The van der Waals surface area contributed by atoms with E-state index in [1.165, 1.54) is 64.2 Å². The summed E-state index contributed by atoms with van der Waals surface area (Å²) >= 11 is 0. The zero-order valence-electron chi connectivity index (χ0n) is 37.1. The number of unbranched alkanes of at least 4 members (excludes halogenated alkanes) is 16. The summed E-state index contributed by atoms with van der Waals surface area (Å²) in [5, 5.41) is 23.9. The van der Waals surface area contributed by atoms with Gasteiger partial charge in [-0.2, -0.15) is 0 Å². The molecular weight excluding hydrogens is 716 g/mol. The van der Waals surface area contributed by atoms with Crippen LogP contribution in [-0.4, -0.2) is 84.0 Å². The summed E-state index contributed by atoms with van der Waals surface area (Å²) in [6, 6.07) is 0. The second-order valence-electron chi connectivity index (χ2n) is 16.4. The lowest BCUT2D eigenvalue weighted by molar-refractivity contribution is -0.139. The minimum Gasteiger partial charge on any atom is -0.481 e. The molecule has 0 saturated heterocycles. The van der Waals surface area contributed by atoms with Gasteiger partial charge in [0.25, 0.3) is 12.9 Å². The van der Waals surface area contributed by atoms with Crippen molar-refractivity contribution in [1.82, 2.24) is 10.6 Å². The van der Waals surface area contributed by atoms with Gasteiger partial charge in [-0.05, 0) is 133 Å². The number of carboxylic acids is 2. The molecule has 0 rings (SSSR count). The number of aliphatic carboxylic acids is 2. The van der Waals surface area contributed by atoms with Gasteiger partial charge < -0.3 is 39.9 Å². The van der Waals surface area contributed by atoms with Crippen molar-refractivity contribution in [1.29, 1.82) is 0 Å². The van der Waals surface area contributed by atoms with Crippen molar-refractivity contribution in [2.45, 2.75) is 221 Å². The molecule has 0 aliphatic heterocycles. The van der Waals surface area contributed by atoms with Crippen LogP contribution in [-0.2, 0) is 38.2 Å². The number of hydrogen-bond donors (Lipinski definition) is 4. The summed E-state index contributed by atoms with van der Waals surface area (Å²) in [6.45, 7) is 19.5. The molecule has 0 bridgehead atoms. The Morgan fingerprint density at radius 2 is 0.625 bits per heavy atom. The topological polar surface area (TPSA) is 185 Å². The number of hydrogen-bond acceptors (Lipinski definition) is 10. The van der Waals surface area contributed by atoms with Crippen molar-refractivity contribution in [3.05, 3.63) is 0 Å². The third-order valence-electron chi connectivity index (χ3n) is 8.06. The average molecular weight is 803 g/mol. The first-order valence-electron chi connectivity index (χ1n) is 21.4. The van der Waals surface area contributed by atoms with Crippen LogP contribution in [0.2, 0.25) is 0 Å². The maximum atomic E-state index is 10.8. The molecule has 0 heterocycles. The van der Waals surface area contributed by atoms with Crippen LogP contribution >= 0.6 is 0 Å². The third kappa shape index (κ3) is 76.0. The second kappa shape index (κ2) is 44.8. The molecule has 0 saturated carbocycles. The third-order valence-corrected chi connectivity index (χ3v) is 8.06. The largest absolute Gasteiger partial charge is 0.481 e. The summed E-state index contributed by atoms with van der Waals surface area (Å²) in [6.07, 6.45) is 24.7. The molecule has 0 atom stereocenters. The van der Waals surface area contributed by atoms with Gasteiger partial charge in [0.1, 0.15) is 22.8 Å². The summed E-state index contributed by atoms with van der Waals surface area (Å²) in [5.41, 5.74) is -0.635. The summed E-state index contributed by atoms with van der Waals surface area (Å²) in [5.74, 6) is -0.754. The van der Waals surface area contributed by atoms with E-state index >= 15 is 0 Å². The number of carboxylic acid groups (broad SMARTS) is 2. The molecule has 0 aromatic carbocycles. The number of nitrogens with one attached hydrogen (secondary N) is 2. The Kier molecular flexibility index (Phi) is 47.9. The van der Waals surface area contributed by atoms with Crippen LogP contribution < -0.4 is 10.6 Å². The summed E-state index contributed by atoms with van der Waals surface area (Å²) in [7, 11) is 0. The van der Waals surface area contributed by atoms with E-state index in [0.29, 0.717) is 37.4 Å². The number of carbonyl (C=O) groups excluding carboxylic acids is 4. The first-order chi connectivity index (χ1) is 26.4. The van der Waals surface area contributed by atoms with Crippen molar-refractivity contribution in [2.75, 3.05) is 26.2 Å². The summed E-state index contributed by atoms with van der Waals surface area (Å²) in [4.78, 5) is 61.4. The molecule has 56 heavy (non-hydrogen) atoms. The van der Waals surface area contributed by atoms with Crippen LogP contribution in [0.4, 0.5) is 0 Å². The highest BCUT2D eigenvalue weighted by molar-refractivity contribution is 5.75. The SMILES string of the molecule is CC(=O)CCCCCCCNCCCCCCCC(C)=O.CC(C)(C)OC=O.CC(C)(C)OC=O.O=C(O)CCCCCCCNCCCCCCCC(=O)O. The van der Waals surface area contributed by atoms with Gasteiger partial charge in [-0.25, -0.2) is 0 Å². The molecule has 0 aliphatic rings. The molecule has 332 valence electrons. The van der Waals surface area contributed by atoms with E-state index in [1.54, 1.807) is 13.8 Å². The fraction of sp³-hybridized carbons (Fsp3) is 0.864. The van der Waals surface area contributed by atoms with Gasteiger partial charge in [-0.1, -0.05) is 77.0 Å². The van der Waals surface area contributed by atoms with E-state index in [-0.39, 0.29) is 11.2 Å². The number of ketones is 2. The van der Waals surface area contributed by atoms with Gasteiger partial charge in [-0.3, -0.25) is 19.2 Å². The minimum atomic E-state index is -0.695. The second-order valence-corrected chi connectivity index (χ2v) is 16.4. The standard InChI is InChI=1S/C18H35NO2.C16H31NO4.2C5H10O2/c1-17(20)13-9-5-3-7-11-15-19-16-12-8-4-6-10-14-18(2)21;18-15(19)11-7-3-1-5-9-13-17-14-10-6-2-4-8-12-16(20)21;2*1-5(2,3)7-4-6/h19H,3-16H2,1-2H3;17H,1-14H2,(H,18,19)(H,20,21);2*4H,1-3H3. The van der Waals surface area contributed by atoms with E-state index < -0.39 is 11.9 Å². The fourth-order valence-corrected chi connectivity index (χ4v) is 4.96. The lowest BCUT2D eigenvalue weighted by Gasteiger charge is -2.14. The summed E-state index contributed by atoms with van der Waals surface area (Å²) < 4.78 is 9.10. The number of Topliss-reactive ketones (excluding diaryl/α,β-unsaturated/α-hetero) is 2. The quantitative estimate of drug-likeness (QED) is 0.0357. The predicted octanol–water partition coefficient (Wildman–Crippen LogP) is 9.78. The van der Waals surface area contributed by atoms with Crippen LogP contribution in [0.5, 0.6) is 0 Å². The van der Waals surface area contributed by atoms with Crippen LogP contribution in [0.15, 0.2) is 0 Å². The normalized spacial score (nSPS) is 10.7. The van der Waals surface area contributed by atoms with Crippen LogP contribution in [0.3, 0.4) is 0 Å². The molecule has 0 fully saturated rings. The van der Waals surface area contributed by atoms with Crippen molar-refractivity contribution in [3.8, 4) is 0 Å². The Hall–Kier alpha value is -2.86. The Bertz CT molecular complexity index is 804. The molecule has 0 spiro atoms. The molecule has 12 heteroatoms. The number of carbonyl (C=O) groups is 6. The zero-order valence-corrected chi connectivity index (χ0v) is 37.1. The van der Waals surface area contributed by atoms with Crippen molar-refractivity contribution in [2.24, 2.45) is 0 Å². The van der Waals surface area contributed by atoms with Gasteiger partial charge in [0, 0.05) is 25.7 Å². The molecule has 4 N–H and O–H groups in total. The smallest absolute Gasteiger partial charge is 0.303 e. The molecule has 0 aromatic heterocycles. The van der Waals surface area contributed by atoms with E-state index in [2.05, 4.69) is 20.1 Å². The van der Waals surface area contributed by atoms with Crippen molar-refractivity contribution < 1.29 is 48.5 Å². The molecule has 0 unspecified atom stereocenters. The Labute approximate surface area is 341 Å². The molecule has 0 amide bonds. The van der Waals surface area contributed by atoms with Gasteiger partial charge in [0.2, 0.25) is 0 Å². The van der Waals surface area contributed by atoms with Gasteiger partial charge >= 0.3 is 11.9 Å². The lowest BCUT2D eigenvalue weighted by Crippen LogP contribution is -2.17. The first-order valence-corrected chi connectivity index (χ1v) is 21.4. The average Bonchev–Trinajstić information content (AvgIpc) is 3.07. The predicted molar refractivity (Wildman–Crippen MR) is 227 cm³/mol. The molecule has 0 aromatic rings. The monoisotopic (exact) mass is 803 g/mol. The zero-order chi connectivity index (χ0) is 43.4. The fourth-order valence-electron chi connectivity index (χ4n) is 4.96. The van der Waals surface area contributed by atoms with E-state index in [9.17, 15) is 28.8 Å². The highest BCUT2D eigenvalue weighted by Crippen LogP contribution is 2.08. The van der Waals surface area contributed by atoms with E-state index in [0.717, 1.165) is 103 Å². The van der Waals surface area contributed by atoms with Crippen LogP contribution in [0.25, 0.3) is 0 Å². The Morgan fingerprint density at radius 3 is 0.804 bits per heavy atom. The Balaban J connectivity index is -0.000000361. The number of ether oxygens (including phenoxy) is 2. The number of rotatable bonds is 34. The molecule has 0 aliphatic carbocycles. The minimum absolute atomic E-state index is 0.296. The first kappa shape index (κ1) is 59.8. The van der Waals surface area contributed by atoms with Crippen molar-refractivity contribution in [3.63, 3.8) is 0 Å². The molecular formula is C44H86N2O10. The lowest BCUT2D eigenvalue weighted by atomic mass is 10.1. The van der Waals surface area contributed by atoms with Gasteiger partial charge in [-0.15, -0.1) is 0 Å². The van der Waals surface area contributed by atoms with Crippen molar-refractivity contribution >= 4 is 36.4 Å². The maximum absolute atomic E-state index is 10.8. The molecule has 0 radical (unpaired) electrons.